The van der Waals surface area contributed by atoms with Crippen LogP contribution in [0.1, 0.15) is 27.7 Å². The average Bonchev–Trinajstić information content (AvgIpc) is 2.75. The number of fused-ring (bicyclic) bond motifs is 2. The van der Waals surface area contributed by atoms with E-state index in [4.69, 9.17) is 0 Å². The van der Waals surface area contributed by atoms with Gasteiger partial charge in [0.15, 0.2) is 0 Å². The normalized spacial score (nSPS) is 24.4. The van der Waals surface area contributed by atoms with Crippen LogP contribution in [0.25, 0.3) is 11.6 Å². The van der Waals surface area contributed by atoms with Crippen molar-refractivity contribution in [2.45, 2.75) is 27.7 Å². The lowest BCUT2D eigenvalue weighted by Gasteiger charge is -2.34. The fourth-order valence-corrected chi connectivity index (χ4v) is 3.71. The molecule has 0 saturated heterocycles. The van der Waals surface area contributed by atoms with Crippen LogP contribution in [-0.2, 0) is 0 Å². The van der Waals surface area contributed by atoms with Crippen molar-refractivity contribution in [3.63, 3.8) is 0 Å². The molecule has 3 rings (SSSR count). The zero-order valence-corrected chi connectivity index (χ0v) is 12.8. The number of hydrogen-bond donors (Lipinski definition) is 0. The summed E-state index contributed by atoms with van der Waals surface area (Å²) in [6.07, 6.45) is 11.5. The van der Waals surface area contributed by atoms with Crippen LogP contribution in [0.5, 0.6) is 0 Å². The van der Waals surface area contributed by atoms with Crippen LogP contribution in [0.15, 0.2) is 59.7 Å². The van der Waals surface area contributed by atoms with Crippen LogP contribution in [0, 0.1) is 11.3 Å². The zero-order chi connectivity index (χ0) is 14.3. The van der Waals surface area contributed by atoms with E-state index < -0.39 is 0 Å². The molecule has 0 aliphatic heterocycles. The Bertz CT molecular complexity index is 753. The molecule has 0 bridgehead atoms. The van der Waals surface area contributed by atoms with Gasteiger partial charge >= 0.3 is 0 Å². The molecule has 0 amide bonds. The Kier molecular flexibility index (Phi) is 3.05. The van der Waals surface area contributed by atoms with Gasteiger partial charge in [-0.1, -0.05) is 62.4 Å². The molecule has 102 valence electrons. The first kappa shape index (κ1) is 13.2. The van der Waals surface area contributed by atoms with Crippen molar-refractivity contribution in [1.29, 1.82) is 0 Å². The Morgan fingerprint density at radius 1 is 1.10 bits per heavy atom. The maximum atomic E-state index is 2.37. The van der Waals surface area contributed by atoms with Crippen molar-refractivity contribution in [2.24, 2.45) is 11.3 Å². The number of rotatable bonds is 2. The Hall–Kier alpha value is -1.82. The third-order valence-electron chi connectivity index (χ3n) is 4.40. The molecule has 0 heteroatoms. The van der Waals surface area contributed by atoms with Crippen LogP contribution in [0.2, 0.25) is 0 Å². The summed E-state index contributed by atoms with van der Waals surface area (Å²) in [6.45, 7) is 9.03. The van der Waals surface area contributed by atoms with Gasteiger partial charge < -0.3 is 0 Å². The molecule has 1 aromatic carbocycles. The Balaban J connectivity index is 2.36. The van der Waals surface area contributed by atoms with E-state index in [0.29, 0.717) is 5.92 Å². The third kappa shape index (κ3) is 1.83. The number of benzene rings is 1. The molecule has 0 radical (unpaired) electrons. The summed E-state index contributed by atoms with van der Waals surface area (Å²) in [6, 6.07) is 8.70. The fraction of sp³-hybridized carbons (Fsp3) is 0.300. The first-order chi connectivity index (χ1) is 9.57. The van der Waals surface area contributed by atoms with Crippen LogP contribution < -0.4 is 10.4 Å². The van der Waals surface area contributed by atoms with Gasteiger partial charge in [-0.25, -0.2) is 0 Å². The molecular formula is C20H22. The highest BCUT2D eigenvalue weighted by atomic mass is 14.4. The van der Waals surface area contributed by atoms with E-state index in [1.165, 1.54) is 27.2 Å². The zero-order valence-electron chi connectivity index (χ0n) is 12.8. The van der Waals surface area contributed by atoms with Crippen LogP contribution in [0.3, 0.4) is 0 Å². The molecule has 0 saturated carbocycles. The number of allylic oxidation sites excluding steroid dienone is 6. The lowest BCUT2D eigenvalue weighted by Crippen LogP contribution is -2.24. The van der Waals surface area contributed by atoms with Gasteiger partial charge in [0.25, 0.3) is 0 Å². The maximum absolute atomic E-state index is 2.37. The molecule has 0 aromatic heterocycles. The van der Waals surface area contributed by atoms with Gasteiger partial charge in [0, 0.05) is 5.41 Å². The van der Waals surface area contributed by atoms with E-state index in [1.807, 2.05) is 0 Å². The average molecular weight is 262 g/mol. The molecule has 1 unspecified atom stereocenters. The van der Waals surface area contributed by atoms with E-state index in [9.17, 15) is 0 Å². The largest absolute Gasteiger partial charge is 0.0905 e. The molecule has 2 aliphatic carbocycles. The summed E-state index contributed by atoms with van der Waals surface area (Å²) in [5, 5.41) is 2.73. The van der Waals surface area contributed by atoms with E-state index in [-0.39, 0.29) is 5.41 Å². The molecule has 2 aliphatic rings. The lowest BCUT2D eigenvalue weighted by atomic mass is 9.70. The highest BCUT2D eigenvalue weighted by Gasteiger charge is 2.32. The quantitative estimate of drug-likeness (QED) is 0.712. The standard InChI is InChI=1S/C20H22/c1-5-11-20(4)12-10-17-16-9-7-6-8-15(16)13-18(17)19(20)14(2)3/h5-14H,1-4H3. The summed E-state index contributed by atoms with van der Waals surface area (Å²) in [7, 11) is 0. The predicted molar refractivity (Wildman–Crippen MR) is 87.5 cm³/mol. The minimum Gasteiger partial charge on any atom is -0.0905 e. The van der Waals surface area contributed by atoms with E-state index in [1.54, 1.807) is 0 Å². The van der Waals surface area contributed by atoms with Crippen molar-refractivity contribution in [3.8, 4) is 0 Å². The smallest absolute Gasteiger partial charge is 0.0257 e. The van der Waals surface area contributed by atoms with Crippen molar-refractivity contribution in [2.75, 3.05) is 0 Å². The second kappa shape index (κ2) is 4.63. The SMILES string of the molecule is CC=CC1(C)C=CC2=c3ccccc3=CC2=C1C(C)C. The maximum Gasteiger partial charge on any atom is 0.0257 e. The van der Waals surface area contributed by atoms with Crippen LogP contribution in [-0.4, -0.2) is 0 Å². The molecule has 0 nitrogen and oxygen atoms in total. The van der Waals surface area contributed by atoms with Crippen LogP contribution in [0.4, 0.5) is 0 Å². The summed E-state index contributed by atoms with van der Waals surface area (Å²) in [4.78, 5) is 0. The molecule has 1 aromatic rings. The van der Waals surface area contributed by atoms with Gasteiger partial charge in [-0.15, -0.1) is 0 Å². The molecule has 1 atom stereocenters. The van der Waals surface area contributed by atoms with Gasteiger partial charge in [-0.05, 0) is 53.0 Å². The molecule has 0 heterocycles. The van der Waals surface area contributed by atoms with Gasteiger partial charge in [0.1, 0.15) is 0 Å². The topological polar surface area (TPSA) is 0 Å². The Morgan fingerprint density at radius 3 is 2.55 bits per heavy atom. The van der Waals surface area contributed by atoms with Crippen molar-refractivity contribution in [3.05, 3.63) is 70.2 Å². The third-order valence-corrected chi connectivity index (χ3v) is 4.40. The molecule has 20 heavy (non-hydrogen) atoms. The summed E-state index contributed by atoms with van der Waals surface area (Å²) < 4.78 is 0. The highest BCUT2D eigenvalue weighted by molar-refractivity contribution is 5.90. The minimum absolute atomic E-state index is 0.0420. The van der Waals surface area contributed by atoms with Crippen molar-refractivity contribution < 1.29 is 0 Å². The van der Waals surface area contributed by atoms with Crippen LogP contribution >= 0.6 is 0 Å². The summed E-state index contributed by atoms with van der Waals surface area (Å²) in [5.41, 5.74) is 4.40. The monoisotopic (exact) mass is 262 g/mol. The second-order valence-corrected chi connectivity index (χ2v) is 6.24. The first-order valence-electron chi connectivity index (χ1n) is 7.46. The molecule has 0 N–H and O–H groups in total. The van der Waals surface area contributed by atoms with Gasteiger partial charge in [0.2, 0.25) is 0 Å². The molecular weight excluding hydrogens is 240 g/mol. The number of hydrogen-bond acceptors (Lipinski definition) is 0. The van der Waals surface area contributed by atoms with E-state index in [2.05, 4.69) is 82.3 Å². The highest BCUT2D eigenvalue weighted by Crippen LogP contribution is 2.44. The van der Waals surface area contributed by atoms with Crippen molar-refractivity contribution in [1.82, 2.24) is 0 Å². The molecule has 0 fully saturated rings. The Morgan fingerprint density at radius 2 is 1.85 bits per heavy atom. The fourth-order valence-electron chi connectivity index (χ4n) is 3.71. The van der Waals surface area contributed by atoms with E-state index in [0.717, 1.165) is 0 Å². The summed E-state index contributed by atoms with van der Waals surface area (Å²) >= 11 is 0. The lowest BCUT2D eigenvalue weighted by molar-refractivity contribution is 0.554. The predicted octanol–water partition coefficient (Wildman–Crippen LogP) is 3.74. The van der Waals surface area contributed by atoms with Gasteiger partial charge in [-0.2, -0.15) is 0 Å². The van der Waals surface area contributed by atoms with Crippen molar-refractivity contribution >= 4 is 11.6 Å². The van der Waals surface area contributed by atoms with Gasteiger partial charge in [-0.3, -0.25) is 0 Å². The summed E-state index contributed by atoms with van der Waals surface area (Å²) in [5.74, 6) is 0.539. The first-order valence-corrected chi connectivity index (χ1v) is 7.46. The van der Waals surface area contributed by atoms with Gasteiger partial charge in [0.05, 0.1) is 0 Å². The Labute approximate surface area is 121 Å². The minimum atomic E-state index is 0.0420. The molecule has 0 spiro atoms. The second-order valence-electron chi connectivity index (χ2n) is 6.24. The van der Waals surface area contributed by atoms with E-state index >= 15 is 0 Å².